The highest BCUT2D eigenvalue weighted by Gasteiger charge is 2.25. The number of piperidine rings is 1. The fourth-order valence-electron chi connectivity index (χ4n) is 2.48. The zero-order valence-electron chi connectivity index (χ0n) is 13.1. The third-order valence-electron chi connectivity index (χ3n) is 3.42. The first-order valence-corrected chi connectivity index (χ1v) is 7.60. The molecule has 1 saturated heterocycles. The van der Waals surface area contributed by atoms with E-state index >= 15 is 0 Å². The number of urea groups is 1. The first-order valence-electron chi connectivity index (χ1n) is 7.60. The Morgan fingerprint density at radius 1 is 1.48 bits per heavy atom. The lowest BCUT2D eigenvalue weighted by molar-refractivity contribution is 0.0975. The van der Waals surface area contributed by atoms with Crippen molar-refractivity contribution in [3.63, 3.8) is 0 Å². The molecule has 1 aliphatic rings. The molecule has 6 nitrogen and oxygen atoms in total. The minimum absolute atomic E-state index is 0.000161. The zero-order valence-corrected chi connectivity index (χ0v) is 13.1. The van der Waals surface area contributed by atoms with E-state index in [0.717, 1.165) is 31.5 Å². The molecule has 1 aromatic heterocycles. The summed E-state index contributed by atoms with van der Waals surface area (Å²) in [5.74, 6) is 1.30. The number of rotatable bonds is 4. The maximum absolute atomic E-state index is 12.0. The smallest absolute Gasteiger partial charge is 0.317 e. The molecule has 0 spiro atoms. The Hall–Kier alpha value is -1.85. The van der Waals surface area contributed by atoms with Crippen molar-refractivity contribution in [2.45, 2.75) is 46.1 Å². The summed E-state index contributed by atoms with van der Waals surface area (Å²) in [6, 6.07) is 1.84. The minimum atomic E-state index is -0.000161. The Bertz CT molecular complexity index is 472. The van der Waals surface area contributed by atoms with Gasteiger partial charge in [-0.2, -0.15) is 4.98 Å². The van der Waals surface area contributed by atoms with Crippen LogP contribution in [-0.4, -0.2) is 46.6 Å². The van der Waals surface area contributed by atoms with Gasteiger partial charge in [-0.3, -0.25) is 0 Å². The Balaban J connectivity index is 1.93. The average Bonchev–Trinajstić information content (AvgIpc) is 2.44. The predicted molar refractivity (Wildman–Crippen MR) is 80.4 cm³/mol. The van der Waals surface area contributed by atoms with Gasteiger partial charge < -0.3 is 15.0 Å². The highest BCUT2D eigenvalue weighted by Crippen LogP contribution is 2.17. The summed E-state index contributed by atoms with van der Waals surface area (Å²) in [5.41, 5.74) is 0.894. The van der Waals surface area contributed by atoms with Crippen molar-refractivity contribution in [3.05, 3.63) is 17.6 Å². The van der Waals surface area contributed by atoms with Gasteiger partial charge in [0.15, 0.2) is 0 Å². The van der Waals surface area contributed by atoms with Gasteiger partial charge in [0.25, 0.3) is 0 Å². The summed E-state index contributed by atoms with van der Waals surface area (Å²) in [5, 5.41) is 2.91. The normalized spacial score (nSPS) is 18.4. The molecular formula is C15H24N4O2. The number of carbonyl (C=O) groups is 1. The number of aromatic nitrogens is 2. The molecule has 6 heteroatoms. The number of amides is 2. The van der Waals surface area contributed by atoms with Crippen molar-refractivity contribution in [1.82, 2.24) is 20.2 Å². The topological polar surface area (TPSA) is 67.4 Å². The van der Waals surface area contributed by atoms with Crippen LogP contribution in [-0.2, 0) is 0 Å². The summed E-state index contributed by atoms with van der Waals surface area (Å²) in [6.07, 6.45) is 2.84. The number of hydrogen-bond donors (Lipinski definition) is 1. The fourth-order valence-corrected chi connectivity index (χ4v) is 2.48. The highest BCUT2D eigenvalue weighted by molar-refractivity contribution is 5.74. The minimum Gasteiger partial charge on any atom is -0.472 e. The van der Waals surface area contributed by atoms with Gasteiger partial charge >= 0.3 is 6.03 Å². The van der Waals surface area contributed by atoms with E-state index in [1.165, 1.54) is 0 Å². The first kappa shape index (κ1) is 15.5. The zero-order chi connectivity index (χ0) is 15.2. The van der Waals surface area contributed by atoms with Crippen LogP contribution >= 0.6 is 0 Å². The SMILES string of the molecule is CCCNC(=O)N1CCCC(Oc2cc(C)nc(C)n2)C1. The lowest BCUT2D eigenvalue weighted by Gasteiger charge is -2.32. The van der Waals surface area contributed by atoms with Gasteiger partial charge in [-0.15, -0.1) is 0 Å². The number of carbonyl (C=O) groups excluding carboxylic acids is 1. The van der Waals surface area contributed by atoms with E-state index in [1.54, 1.807) is 0 Å². The van der Waals surface area contributed by atoms with Crippen LogP contribution in [0.4, 0.5) is 4.79 Å². The molecule has 0 bridgehead atoms. The first-order chi connectivity index (χ1) is 10.1. The van der Waals surface area contributed by atoms with Crippen LogP contribution in [0.5, 0.6) is 5.88 Å². The fraction of sp³-hybridized carbons (Fsp3) is 0.667. The van der Waals surface area contributed by atoms with Gasteiger partial charge in [0.1, 0.15) is 11.9 Å². The summed E-state index contributed by atoms with van der Waals surface area (Å²) >= 11 is 0. The second kappa shape index (κ2) is 7.24. The van der Waals surface area contributed by atoms with Crippen molar-refractivity contribution < 1.29 is 9.53 Å². The van der Waals surface area contributed by atoms with Crippen molar-refractivity contribution in [2.24, 2.45) is 0 Å². The molecule has 1 atom stereocenters. The molecule has 21 heavy (non-hydrogen) atoms. The Kier molecular flexibility index (Phi) is 5.36. The Morgan fingerprint density at radius 3 is 3.00 bits per heavy atom. The van der Waals surface area contributed by atoms with E-state index in [0.29, 0.717) is 24.8 Å². The summed E-state index contributed by atoms with van der Waals surface area (Å²) in [4.78, 5) is 22.4. The largest absolute Gasteiger partial charge is 0.472 e. The molecular weight excluding hydrogens is 268 g/mol. The Labute approximate surface area is 125 Å². The van der Waals surface area contributed by atoms with Crippen molar-refractivity contribution >= 4 is 6.03 Å². The van der Waals surface area contributed by atoms with E-state index in [2.05, 4.69) is 15.3 Å². The quantitative estimate of drug-likeness (QED) is 0.922. The average molecular weight is 292 g/mol. The molecule has 1 N–H and O–H groups in total. The van der Waals surface area contributed by atoms with E-state index in [4.69, 9.17) is 4.74 Å². The van der Waals surface area contributed by atoms with Crippen LogP contribution in [0.2, 0.25) is 0 Å². The molecule has 1 unspecified atom stereocenters. The molecule has 0 radical (unpaired) electrons. The van der Waals surface area contributed by atoms with E-state index in [1.807, 2.05) is 31.7 Å². The van der Waals surface area contributed by atoms with Crippen molar-refractivity contribution in [3.8, 4) is 5.88 Å². The predicted octanol–water partition coefficient (Wildman–Crippen LogP) is 2.06. The van der Waals surface area contributed by atoms with Crippen LogP contribution in [0, 0.1) is 13.8 Å². The van der Waals surface area contributed by atoms with E-state index in [9.17, 15) is 4.79 Å². The van der Waals surface area contributed by atoms with Crippen LogP contribution in [0.15, 0.2) is 6.07 Å². The van der Waals surface area contributed by atoms with Gasteiger partial charge in [-0.25, -0.2) is 9.78 Å². The van der Waals surface area contributed by atoms with Crippen LogP contribution in [0.1, 0.15) is 37.7 Å². The number of ether oxygens (including phenoxy) is 1. The molecule has 2 amide bonds. The molecule has 0 saturated carbocycles. The van der Waals surface area contributed by atoms with Gasteiger partial charge in [-0.1, -0.05) is 6.92 Å². The third-order valence-corrected chi connectivity index (χ3v) is 3.42. The maximum atomic E-state index is 12.0. The summed E-state index contributed by atoms with van der Waals surface area (Å²) in [7, 11) is 0. The van der Waals surface area contributed by atoms with E-state index in [-0.39, 0.29) is 12.1 Å². The Morgan fingerprint density at radius 2 is 2.29 bits per heavy atom. The van der Waals surface area contributed by atoms with E-state index < -0.39 is 0 Å². The molecule has 1 aromatic rings. The van der Waals surface area contributed by atoms with Crippen molar-refractivity contribution in [1.29, 1.82) is 0 Å². The monoisotopic (exact) mass is 292 g/mol. The lowest BCUT2D eigenvalue weighted by Crippen LogP contribution is -2.48. The van der Waals surface area contributed by atoms with Gasteiger partial charge in [0, 0.05) is 24.8 Å². The lowest BCUT2D eigenvalue weighted by atomic mass is 10.1. The molecule has 0 aliphatic carbocycles. The second-order valence-electron chi connectivity index (χ2n) is 5.45. The third kappa shape index (κ3) is 4.58. The molecule has 0 aromatic carbocycles. The molecule has 116 valence electrons. The summed E-state index contributed by atoms with van der Waals surface area (Å²) < 4.78 is 5.93. The molecule has 1 aliphatic heterocycles. The summed E-state index contributed by atoms with van der Waals surface area (Å²) in [6.45, 7) is 7.93. The number of nitrogens with one attached hydrogen (secondary N) is 1. The number of hydrogen-bond acceptors (Lipinski definition) is 4. The van der Waals surface area contributed by atoms with Crippen LogP contribution in [0.25, 0.3) is 0 Å². The number of nitrogens with zero attached hydrogens (tertiary/aromatic N) is 3. The van der Waals surface area contributed by atoms with Crippen LogP contribution < -0.4 is 10.1 Å². The van der Waals surface area contributed by atoms with Gasteiger partial charge in [0.2, 0.25) is 5.88 Å². The highest BCUT2D eigenvalue weighted by atomic mass is 16.5. The van der Waals surface area contributed by atoms with Crippen LogP contribution in [0.3, 0.4) is 0 Å². The standard InChI is InChI=1S/C15H24N4O2/c1-4-7-16-15(20)19-8-5-6-13(10-19)21-14-9-11(2)17-12(3)18-14/h9,13H,4-8,10H2,1-3H3,(H,16,20). The second-order valence-corrected chi connectivity index (χ2v) is 5.45. The van der Waals surface area contributed by atoms with Gasteiger partial charge in [0.05, 0.1) is 6.54 Å². The number of aryl methyl sites for hydroxylation is 2. The maximum Gasteiger partial charge on any atom is 0.317 e. The molecule has 1 fully saturated rings. The van der Waals surface area contributed by atoms with Gasteiger partial charge in [-0.05, 0) is 33.1 Å². The number of likely N-dealkylation sites (tertiary alicyclic amines) is 1. The van der Waals surface area contributed by atoms with Crippen molar-refractivity contribution in [2.75, 3.05) is 19.6 Å². The molecule has 2 heterocycles. The molecule has 2 rings (SSSR count).